The molecule has 0 aromatic heterocycles. The molecule has 13 heteroatoms. The summed E-state index contributed by atoms with van der Waals surface area (Å²) in [5.41, 5.74) is 5.48. The Balaban J connectivity index is 0.000000202. The van der Waals surface area contributed by atoms with Crippen molar-refractivity contribution in [3.05, 3.63) is 0 Å². The van der Waals surface area contributed by atoms with Crippen LogP contribution < -0.4 is 16.4 Å². The highest BCUT2D eigenvalue weighted by molar-refractivity contribution is 5.76. The number of hydrogen-bond donors (Lipinski definition) is 3. The molecule has 4 N–H and O–H groups in total. The predicted molar refractivity (Wildman–Crippen MR) is 239 cm³/mol. The molecule has 7 rings (SSSR count). The van der Waals surface area contributed by atoms with Gasteiger partial charge in [0.25, 0.3) is 0 Å². The molecule has 4 atom stereocenters. The van der Waals surface area contributed by atoms with Crippen LogP contribution in [0.15, 0.2) is 0 Å². The van der Waals surface area contributed by atoms with Crippen LogP contribution in [0.1, 0.15) is 158 Å². The smallest absolute Gasteiger partial charge is 0.410 e. The van der Waals surface area contributed by atoms with Gasteiger partial charge in [-0.2, -0.15) is 0 Å². The van der Waals surface area contributed by atoms with Crippen molar-refractivity contribution in [3.8, 4) is 0 Å². The quantitative estimate of drug-likeness (QED) is 0.255. The van der Waals surface area contributed by atoms with E-state index in [-0.39, 0.29) is 29.3 Å². The van der Waals surface area contributed by atoms with Gasteiger partial charge in [-0.3, -0.25) is 9.80 Å². The summed E-state index contributed by atoms with van der Waals surface area (Å²) in [6.45, 7) is 25.5. The van der Waals surface area contributed by atoms with E-state index in [4.69, 9.17) is 15.2 Å². The Labute approximate surface area is 363 Å². The summed E-state index contributed by atoms with van der Waals surface area (Å²) in [6, 6.07) is 2.24. The van der Waals surface area contributed by atoms with Gasteiger partial charge >= 0.3 is 18.2 Å². The number of amides is 4. The van der Waals surface area contributed by atoms with Gasteiger partial charge in [-0.1, -0.05) is 25.7 Å². The fourth-order valence-electron chi connectivity index (χ4n) is 11.6. The van der Waals surface area contributed by atoms with Gasteiger partial charge in [-0.15, -0.1) is 0 Å². The molecule has 5 heterocycles. The minimum absolute atomic E-state index is 0.126. The Kier molecular flexibility index (Phi) is 15.7. The zero-order chi connectivity index (χ0) is 43.3. The summed E-state index contributed by atoms with van der Waals surface area (Å²) in [7, 11) is 0. The Bertz CT molecular complexity index is 1400. The molecule has 344 valence electrons. The standard InChI is InChI=1S/C24H42N4O3.C23H44N4O2/c1-23(2,3)31-22(30)26-15-11-24(4,12-16-26)27-13-9-19(10-14-27)28-20-8-6-5-7-18(20)17-25-21(28)29;1-22(2,3)29-21(28)26-15-11-23(4,12-16-26)27-13-9-19(10-14-27)25-20-8-6-5-7-18(20)17-24/h18-20H,5-17H2,1-4H3,(H,25,29);18-20,25H,5-17,24H2,1-4H3/t2*18-,20+/m11/s1. The molecule has 7 aliphatic rings. The van der Waals surface area contributed by atoms with E-state index in [2.05, 4.69) is 39.2 Å². The minimum atomic E-state index is -0.447. The number of nitrogens with one attached hydrogen (secondary N) is 2. The first kappa shape index (κ1) is 47.1. The molecule has 0 aromatic carbocycles. The van der Waals surface area contributed by atoms with Crippen molar-refractivity contribution < 1.29 is 23.9 Å². The zero-order valence-electron chi connectivity index (χ0n) is 39.2. The zero-order valence-corrected chi connectivity index (χ0v) is 39.2. The number of rotatable bonds is 6. The molecular weight excluding hydrogens is 757 g/mol. The number of hydrogen-bond acceptors (Lipinski definition) is 9. The lowest BCUT2D eigenvalue weighted by atomic mass is 9.80. The van der Waals surface area contributed by atoms with E-state index in [0.717, 1.165) is 104 Å². The van der Waals surface area contributed by atoms with Crippen LogP contribution in [-0.4, -0.2) is 155 Å². The number of urea groups is 1. The molecule has 4 amide bonds. The number of nitrogens with two attached hydrogens (primary N) is 1. The molecule has 2 saturated carbocycles. The maximum atomic E-state index is 12.7. The number of likely N-dealkylation sites (tertiary alicyclic amines) is 4. The van der Waals surface area contributed by atoms with Crippen molar-refractivity contribution >= 4 is 18.2 Å². The average Bonchev–Trinajstić information content (AvgIpc) is 3.21. The Morgan fingerprint density at radius 1 is 0.683 bits per heavy atom. The summed E-state index contributed by atoms with van der Waals surface area (Å²) in [4.78, 5) is 48.8. The fraction of sp³-hybridized carbons (Fsp3) is 0.936. The lowest BCUT2D eigenvalue weighted by Crippen LogP contribution is -2.64. The van der Waals surface area contributed by atoms with Gasteiger partial charge in [-0.25, -0.2) is 14.4 Å². The van der Waals surface area contributed by atoms with Gasteiger partial charge in [0, 0.05) is 94.1 Å². The molecule has 5 saturated heterocycles. The van der Waals surface area contributed by atoms with Crippen molar-refractivity contribution in [1.82, 2.24) is 35.1 Å². The fourth-order valence-corrected chi connectivity index (χ4v) is 11.6. The maximum absolute atomic E-state index is 12.7. The first-order valence-electron chi connectivity index (χ1n) is 24.3. The molecule has 0 spiro atoms. The molecule has 13 nitrogen and oxygen atoms in total. The van der Waals surface area contributed by atoms with E-state index >= 15 is 0 Å². The highest BCUT2D eigenvalue weighted by atomic mass is 16.6. The van der Waals surface area contributed by atoms with Crippen LogP contribution in [-0.2, 0) is 9.47 Å². The van der Waals surface area contributed by atoms with Crippen molar-refractivity contribution in [3.63, 3.8) is 0 Å². The van der Waals surface area contributed by atoms with E-state index in [1.807, 2.05) is 51.3 Å². The highest BCUT2D eigenvalue weighted by Crippen LogP contribution is 2.37. The lowest BCUT2D eigenvalue weighted by molar-refractivity contribution is -0.0204. The summed E-state index contributed by atoms with van der Waals surface area (Å²) in [5, 5.41) is 7.13. The maximum Gasteiger partial charge on any atom is 0.410 e. The first-order chi connectivity index (χ1) is 28.4. The van der Waals surface area contributed by atoms with Crippen LogP contribution in [0.2, 0.25) is 0 Å². The topological polar surface area (TPSA) is 136 Å². The Hall–Kier alpha value is -2.35. The van der Waals surface area contributed by atoms with E-state index in [1.54, 1.807) is 0 Å². The number of carbonyl (C=O) groups is 3. The molecule has 5 aliphatic heterocycles. The number of ether oxygens (including phenoxy) is 2. The molecule has 2 aliphatic carbocycles. The van der Waals surface area contributed by atoms with Gasteiger partial charge in [0.15, 0.2) is 0 Å². The van der Waals surface area contributed by atoms with E-state index in [0.29, 0.717) is 36.0 Å². The molecule has 0 aromatic rings. The minimum Gasteiger partial charge on any atom is -0.444 e. The number of piperidine rings is 4. The molecule has 0 bridgehead atoms. The van der Waals surface area contributed by atoms with Gasteiger partial charge in [0.1, 0.15) is 11.2 Å². The number of nitrogens with zero attached hydrogens (tertiary/aromatic N) is 5. The second-order valence-electron chi connectivity index (χ2n) is 22.2. The normalized spacial score (nSPS) is 30.1. The van der Waals surface area contributed by atoms with Crippen LogP contribution >= 0.6 is 0 Å². The van der Waals surface area contributed by atoms with Crippen molar-refractivity contribution in [1.29, 1.82) is 0 Å². The van der Waals surface area contributed by atoms with Crippen LogP contribution in [0, 0.1) is 11.8 Å². The van der Waals surface area contributed by atoms with E-state index < -0.39 is 11.2 Å². The molecule has 0 unspecified atom stereocenters. The third-order valence-electron chi connectivity index (χ3n) is 15.5. The molecule has 60 heavy (non-hydrogen) atoms. The molecule has 0 radical (unpaired) electrons. The summed E-state index contributed by atoms with van der Waals surface area (Å²) in [5.74, 6) is 1.30. The second kappa shape index (κ2) is 20.0. The predicted octanol–water partition coefficient (Wildman–Crippen LogP) is 7.17. The summed E-state index contributed by atoms with van der Waals surface area (Å²) >= 11 is 0. The van der Waals surface area contributed by atoms with Crippen molar-refractivity contribution in [2.24, 2.45) is 17.6 Å². The van der Waals surface area contributed by atoms with Gasteiger partial charge < -0.3 is 40.5 Å². The largest absolute Gasteiger partial charge is 0.444 e. The number of fused-ring (bicyclic) bond motifs is 1. The first-order valence-corrected chi connectivity index (χ1v) is 24.3. The monoisotopic (exact) mass is 843 g/mol. The highest BCUT2D eigenvalue weighted by Gasteiger charge is 2.45. The molecular formula is C47H86N8O5. The van der Waals surface area contributed by atoms with E-state index in [1.165, 1.54) is 64.2 Å². The van der Waals surface area contributed by atoms with Crippen molar-refractivity contribution in [2.75, 3.05) is 65.4 Å². The van der Waals surface area contributed by atoms with Crippen LogP contribution in [0.4, 0.5) is 14.4 Å². The summed E-state index contributed by atoms with van der Waals surface area (Å²) < 4.78 is 11.1. The Morgan fingerprint density at radius 2 is 1.15 bits per heavy atom. The van der Waals surface area contributed by atoms with Crippen molar-refractivity contribution in [2.45, 2.75) is 205 Å². The second-order valence-corrected chi connectivity index (χ2v) is 22.2. The SMILES string of the molecule is CC(C)(C)OC(=O)N1CCC(C)(N2CCC(N3C(=O)NC[C@H]4CCCC[C@@H]43)CC2)CC1.CC(C)(C)OC(=O)N1CCC(C)(N2CCC(N[C@H]3CCCC[C@@H]3CN)CC2)CC1. The van der Waals surface area contributed by atoms with E-state index in [9.17, 15) is 14.4 Å². The van der Waals surface area contributed by atoms with Gasteiger partial charge in [0.05, 0.1) is 0 Å². The Morgan fingerprint density at radius 3 is 1.65 bits per heavy atom. The third kappa shape index (κ3) is 12.2. The van der Waals surface area contributed by atoms with Crippen LogP contribution in [0.3, 0.4) is 0 Å². The lowest BCUT2D eigenvalue weighted by Gasteiger charge is -2.52. The van der Waals surface area contributed by atoms with Gasteiger partial charge in [-0.05, 0) is 151 Å². The molecule has 7 fully saturated rings. The number of carbonyl (C=O) groups excluding carboxylic acids is 3. The van der Waals surface area contributed by atoms with Gasteiger partial charge in [0.2, 0.25) is 0 Å². The van der Waals surface area contributed by atoms with Crippen LogP contribution in [0.5, 0.6) is 0 Å². The third-order valence-corrected chi connectivity index (χ3v) is 15.5. The van der Waals surface area contributed by atoms with Crippen LogP contribution in [0.25, 0.3) is 0 Å². The summed E-state index contributed by atoms with van der Waals surface area (Å²) in [6.07, 6.45) is 18.5. The average molecular weight is 843 g/mol.